The second-order valence-electron chi connectivity index (χ2n) is 5.91. The molecule has 118 valence electrons. The van der Waals surface area contributed by atoms with E-state index in [0.717, 1.165) is 24.6 Å². The van der Waals surface area contributed by atoms with Crippen molar-refractivity contribution in [3.63, 3.8) is 0 Å². The molecule has 1 aromatic rings. The van der Waals surface area contributed by atoms with Crippen molar-refractivity contribution >= 4 is 9.84 Å². The minimum atomic E-state index is -3.18. The molecule has 0 radical (unpaired) electrons. The zero-order valence-electron chi connectivity index (χ0n) is 12.8. The van der Waals surface area contributed by atoms with Crippen LogP contribution in [0, 0.1) is 5.92 Å². The third kappa shape index (κ3) is 4.53. The summed E-state index contributed by atoms with van der Waals surface area (Å²) in [5, 5.41) is 0. The summed E-state index contributed by atoms with van der Waals surface area (Å²) in [7, 11) is -3.18. The number of benzene rings is 1. The first-order chi connectivity index (χ1) is 10.0. The Morgan fingerprint density at radius 3 is 2.62 bits per heavy atom. The van der Waals surface area contributed by atoms with Gasteiger partial charge in [0.15, 0.2) is 9.84 Å². The van der Waals surface area contributed by atoms with Crippen LogP contribution in [0.25, 0.3) is 0 Å². The van der Waals surface area contributed by atoms with Crippen LogP contribution >= 0.6 is 0 Å². The SMILES string of the molecule is CCCC1CCN(CCS(=O)(=O)c2ccc(CN)cc2)C1. The van der Waals surface area contributed by atoms with Gasteiger partial charge < -0.3 is 10.6 Å². The fourth-order valence-electron chi connectivity index (χ4n) is 2.96. The van der Waals surface area contributed by atoms with Crippen LogP contribution < -0.4 is 5.73 Å². The van der Waals surface area contributed by atoms with Gasteiger partial charge in [0, 0.05) is 19.6 Å². The number of nitrogens with two attached hydrogens (primary N) is 1. The van der Waals surface area contributed by atoms with Crippen molar-refractivity contribution in [3.05, 3.63) is 29.8 Å². The van der Waals surface area contributed by atoms with Crippen LogP contribution in [0.1, 0.15) is 31.7 Å². The summed E-state index contributed by atoms with van der Waals surface area (Å²) in [6.45, 7) is 5.37. The Morgan fingerprint density at radius 1 is 1.29 bits per heavy atom. The Morgan fingerprint density at radius 2 is 2.00 bits per heavy atom. The third-order valence-corrected chi connectivity index (χ3v) is 5.97. The topological polar surface area (TPSA) is 63.4 Å². The van der Waals surface area contributed by atoms with Gasteiger partial charge in [-0.1, -0.05) is 25.5 Å². The van der Waals surface area contributed by atoms with Gasteiger partial charge in [0.2, 0.25) is 0 Å². The Kier molecular flexibility index (Phi) is 5.79. The first kappa shape index (κ1) is 16.5. The molecule has 1 saturated heterocycles. The summed E-state index contributed by atoms with van der Waals surface area (Å²) in [5.41, 5.74) is 6.49. The maximum atomic E-state index is 12.3. The first-order valence-electron chi connectivity index (χ1n) is 7.79. The van der Waals surface area contributed by atoms with Gasteiger partial charge in [-0.05, 0) is 43.0 Å². The van der Waals surface area contributed by atoms with Crippen molar-refractivity contribution < 1.29 is 8.42 Å². The van der Waals surface area contributed by atoms with Crippen LogP contribution in [0.5, 0.6) is 0 Å². The molecule has 1 aliphatic rings. The van der Waals surface area contributed by atoms with E-state index in [0.29, 0.717) is 18.0 Å². The molecule has 1 heterocycles. The highest BCUT2D eigenvalue weighted by Crippen LogP contribution is 2.21. The summed E-state index contributed by atoms with van der Waals surface area (Å²) in [4.78, 5) is 2.69. The molecule has 1 fully saturated rings. The quantitative estimate of drug-likeness (QED) is 0.837. The number of nitrogens with zero attached hydrogens (tertiary/aromatic N) is 1. The third-order valence-electron chi connectivity index (χ3n) is 4.26. The van der Waals surface area contributed by atoms with Gasteiger partial charge >= 0.3 is 0 Å². The van der Waals surface area contributed by atoms with E-state index in [1.165, 1.54) is 19.3 Å². The molecule has 21 heavy (non-hydrogen) atoms. The van der Waals surface area contributed by atoms with Crippen LogP contribution in [0.4, 0.5) is 0 Å². The lowest BCUT2D eigenvalue weighted by Gasteiger charge is -2.16. The second kappa shape index (κ2) is 7.38. The lowest BCUT2D eigenvalue weighted by Crippen LogP contribution is -2.27. The van der Waals surface area contributed by atoms with E-state index in [9.17, 15) is 8.42 Å². The summed E-state index contributed by atoms with van der Waals surface area (Å²) >= 11 is 0. The molecule has 0 saturated carbocycles. The number of hydrogen-bond donors (Lipinski definition) is 1. The van der Waals surface area contributed by atoms with E-state index < -0.39 is 9.84 Å². The predicted octanol–water partition coefficient (Wildman–Crippen LogP) is 2.04. The highest BCUT2D eigenvalue weighted by atomic mass is 32.2. The van der Waals surface area contributed by atoms with Gasteiger partial charge in [-0.3, -0.25) is 0 Å². The smallest absolute Gasteiger partial charge is 0.179 e. The van der Waals surface area contributed by atoms with Crippen molar-refractivity contribution in [2.24, 2.45) is 11.7 Å². The molecule has 5 heteroatoms. The Bertz CT molecular complexity index is 540. The number of rotatable bonds is 7. The lowest BCUT2D eigenvalue weighted by atomic mass is 10.0. The van der Waals surface area contributed by atoms with Crippen LogP contribution in [0.3, 0.4) is 0 Å². The van der Waals surface area contributed by atoms with E-state index in [4.69, 9.17) is 5.73 Å². The van der Waals surface area contributed by atoms with E-state index in [1.807, 2.05) is 0 Å². The molecule has 0 aliphatic carbocycles. The van der Waals surface area contributed by atoms with Crippen molar-refractivity contribution in [3.8, 4) is 0 Å². The average Bonchev–Trinajstić information content (AvgIpc) is 2.93. The van der Waals surface area contributed by atoms with Gasteiger partial charge in [-0.2, -0.15) is 0 Å². The second-order valence-corrected chi connectivity index (χ2v) is 8.02. The molecule has 0 amide bonds. The molecule has 1 atom stereocenters. The molecule has 0 spiro atoms. The maximum Gasteiger partial charge on any atom is 0.179 e. The van der Waals surface area contributed by atoms with Gasteiger partial charge in [-0.15, -0.1) is 0 Å². The molecule has 0 aromatic heterocycles. The monoisotopic (exact) mass is 310 g/mol. The van der Waals surface area contributed by atoms with Gasteiger partial charge in [0.1, 0.15) is 0 Å². The lowest BCUT2D eigenvalue weighted by molar-refractivity contribution is 0.338. The zero-order valence-corrected chi connectivity index (χ0v) is 13.6. The van der Waals surface area contributed by atoms with Crippen LogP contribution in [0.2, 0.25) is 0 Å². The Labute approximate surface area is 128 Å². The summed E-state index contributed by atoms with van der Waals surface area (Å²) in [6, 6.07) is 6.92. The van der Waals surface area contributed by atoms with E-state index in [1.54, 1.807) is 24.3 Å². The average molecular weight is 310 g/mol. The number of likely N-dealkylation sites (tertiary alicyclic amines) is 1. The van der Waals surface area contributed by atoms with Crippen LogP contribution in [0.15, 0.2) is 29.2 Å². The Hall–Kier alpha value is -0.910. The number of hydrogen-bond acceptors (Lipinski definition) is 4. The minimum Gasteiger partial charge on any atom is -0.326 e. The molecule has 1 unspecified atom stereocenters. The molecule has 1 aromatic carbocycles. The molecule has 2 rings (SSSR count). The molecular formula is C16H26N2O2S. The normalized spacial score (nSPS) is 20.0. The van der Waals surface area contributed by atoms with Gasteiger partial charge in [0.25, 0.3) is 0 Å². The van der Waals surface area contributed by atoms with Gasteiger partial charge in [0.05, 0.1) is 10.6 Å². The van der Waals surface area contributed by atoms with Gasteiger partial charge in [-0.25, -0.2) is 8.42 Å². The van der Waals surface area contributed by atoms with E-state index >= 15 is 0 Å². The molecular weight excluding hydrogens is 284 g/mol. The maximum absolute atomic E-state index is 12.3. The van der Waals surface area contributed by atoms with Crippen molar-refractivity contribution in [2.75, 3.05) is 25.4 Å². The predicted molar refractivity (Wildman–Crippen MR) is 85.8 cm³/mol. The highest BCUT2D eigenvalue weighted by Gasteiger charge is 2.23. The summed E-state index contributed by atoms with van der Waals surface area (Å²) in [5.74, 6) is 0.954. The van der Waals surface area contributed by atoms with Crippen LogP contribution in [-0.2, 0) is 16.4 Å². The van der Waals surface area contributed by atoms with Crippen molar-refractivity contribution in [2.45, 2.75) is 37.6 Å². The number of sulfone groups is 1. The molecule has 4 nitrogen and oxygen atoms in total. The standard InChI is InChI=1S/C16H26N2O2S/c1-2-3-15-8-9-18(13-15)10-11-21(19,20)16-6-4-14(12-17)5-7-16/h4-7,15H,2-3,8-13,17H2,1H3. The van der Waals surface area contributed by atoms with Crippen LogP contribution in [-0.4, -0.2) is 38.7 Å². The first-order valence-corrected chi connectivity index (χ1v) is 9.44. The van der Waals surface area contributed by atoms with Crippen molar-refractivity contribution in [1.29, 1.82) is 0 Å². The zero-order chi connectivity index (χ0) is 15.3. The van der Waals surface area contributed by atoms with E-state index in [2.05, 4.69) is 11.8 Å². The highest BCUT2D eigenvalue weighted by molar-refractivity contribution is 7.91. The summed E-state index contributed by atoms with van der Waals surface area (Å²) in [6.07, 6.45) is 3.67. The van der Waals surface area contributed by atoms with Crippen molar-refractivity contribution in [1.82, 2.24) is 4.90 Å². The molecule has 2 N–H and O–H groups in total. The Balaban J connectivity index is 1.89. The largest absolute Gasteiger partial charge is 0.326 e. The molecule has 0 bridgehead atoms. The fourth-order valence-corrected chi connectivity index (χ4v) is 4.24. The fraction of sp³-hybridized carbons (Fsp3) is 0.625. The summed E-state index contributed by atoms with van der Waals surface area (Å²) < 4.78 is 24.7. The minimum absolute atomic E-state index is 0.202. The molecule has 1 aliphatic heterocycles. The van der Waals surface area contributed by atoms with E-state index in [-0.39, 0.29) is 5.75 Å².